The van der Waals surface area contributed by atoms with Crippen molar-refractivity contribution in [1.82, 2.24) is 14.8 Å². The predicted molar refractivity (Wildman–Crippen MR) is 78.7 cm³/mol. The van der Waals surface area contributed by atoms with Gasteiger partial charge < -0.3 is 15.5 Å². The van der Waals surface area contributed by atoms with Gasteiger partial charge in [-0.25, -0.2) is 4.68 Å². The Morgan fingerprint density at radius 2 is 2.05 bits per heavy atom. The second kappa shape index (κ2) is 4.66. The Labute approximate surface area is 121 Å². The molecule has 0 unspecified atom stereocenters. The predicted octanol–water partition coefficient (Wildman–Crippen LogP) is 2.60. The Bertz CT molecular complexity index is 735. The van der Waals surface area contributed by atoms with Crippen LogP contribution in [0.3, 0.4) is 0 Å². The van der Waals surface area contributed by atoms with Crippen molar-refractivity contribution in [3.63, 3.8) is 0 Å². The minimum Gasteiger partial charge on any atom is -0.467 e. The minimum absolute atomic E-state index is 0.00810. The molecule has 0 spiro atoms. The smallest absolute Gasteiger partial charge is 0.241 e. The van der Waals surface area contributed by atoms with E-state index in [0.29, 0.717) is 5.95 Å². The Balaban J connectivity index is 1.76. The molecular weight excluding hydrogens is 266 g/mol. The highest BCUT2D eigenvalue weighted by atomic mass is 16.3. The lowest BCUT2D eigenvalue weighted by Gasteiger charge is -2.30. The topological polar surface area (TPSA) is 81.9 Å². The molecular formula is C15H15N5O. The summed E-state index contributed by atoms with van der Waals surface area (Å²) in [6.45, 7) is 0. The number of nitrogens with zero attached hydrogens (tertiary/aromatic N) is 3. The van der Waals surface area contributed by atoms with E-state index in [1.54, 1.807) is 10.9 Å². The molecule has 1 aromatic carbocycles. The van der Waals surface area contributed by atoms with Crippen LogP contribution in [0.5, 0.6) is 0 Å². The molecule has 0 amide bonds. The van der Waals surface area contributed by atoms with Gasteiger partial charge in [-0.05, 0) is 17.7 Å². The van der Waals surface area contributed by atoms with Crippen molar-refractivity contribution in [2.75, 3.05) is 11.1 Å². The lowest BCUT2D eigenvalue weighted by atomic mass is 9.96. The number of aromatic nitrogens is 3. The van der Waals surface area contributed by atoms with Crippen molar-refractivity contribution in [2.24, 2.45) is 0 Å². The lowest BCUT2D eigenvalue weighted by Crippen LogP contribution is -2.27. The summed E-state index contributed by atoms with van der Waals surface area (Å²) in [7, 11) is 0. The van der Waals surface area contributed by atoms with E-state index in [1.807, 2.05) is 30.3 Å². The van der Waals surface area contributed by atoms with E-state index in [2.05, 4.69) is 27.5 Å². The Hall–Kier alpha value is -2.76. The Morgan fingerprint density at radius 1 is 1.19 bits per heavy atom. The molecule has 1 aliphatic heterocycles. The number of furan rings is 1. The van der Waals surface area contributed by atoms with Crippen LogP contribution < -0.4 is 11.1 Å². The van der Waals surface area contributed by atoms with Crippen LogP contribution in [0.15, 0.2) is 53.1 Å². The zero-order valence-corrected chi connectivity index (χ0v) is 11.3. The molecule has 2 atom stereocenters. The zero-order chi connectivity index (χ0) is 14.2. The van der Waals surface area contributed by atoms with E-state index in [-0.39, 0.29) is 18.0 Å². The first-order chi connectivity index (χ1) is 10.3. The van der Waals surface area contributed by atoms with Gasteiger partial charge in [0.05, 0.1) is 12.3 Å². The normalized spacial score (nSPS) is 20.8. The zero-order valence-electron chi connectivity index (χ0n) is 11.3. The first kappa shape index (κ1) is 12.0. The van der Waals surface area contributed by atoms with Crippen molar-refractivity contribution in [3.8, 4) is 0 Å². The number of nitrogens with two attached hydrogens (primary N) is 1. The van der Waals surface area contributed by atoms with Gasteiger partial charge in [0.1, 0.15) is 11.8 Å². The van der Waals surface area contributed by atoms with Crippen LogP contribution in [-0.2, 0) is 0 Å². The van der Waals surface area contributed by atoms with Crippen LogP contribution >= 0.6 is 0 Å². The summed E-state index contributed by atoms with van der Waals surface area (Å²) in [6.07, 6.45) is 2.50. The number of nitrogen functional groups attached to an aromatic ring is 1. The van der Waals surface area contributed by atoms with E-state index in [9.17, 15) is 0 Å². The molecule has 106 valence electrons. The number of rotatable bonds is 2. The highest BCUT2D eigenvalue weighted by molar-refractivity contribution is 5.40. The summed E-state index contributed by atoms with van der Waals surface area (Å²) in [4.78, 5) is 4.26. The lowest BCUT2D eigenvalue weighted by molar-refractivity contribution is 0.359. The van der Waals surface area contributed by atoms with E-state index in [4.69, 9.17) is 10.2 Å². The van der Waals surface area contributed by atoms with Gasteiger partial charge in [-0.2, -0.15) is 4.98 Å². The van der Waals surface area contributed by atoms with Gasteiger partial charge >= 0.3 is 0 Å². The van der Waals surface area contributed by atoms with Crippen molar-refractivity contribution in [1.29, 1.82) is 0 Å². The van der Waals surface area contributed by atoms with Crippen LogP contribution in [-0.4, -0.2) is 14.8 Å². The standard InChI is InChI=1S/C15H15N5O/c16-14-18-15-17-11(10-5-2-1-3-6-10)9-12(20(15)19-14)13-7-4-8-21-13/h1-8,11-12H,9H2,(H3,16,17,18,19)/t11-,12-/m0/s1. The fourth-order valence-electron chi connectivity index (χ4n) is 2.82. The maximum absolute atomic E-state index is 5.74. The highest BCUT2D eigenvalue weighted by Gasteiger charge is 2.32. The fraction of sp³-hybridized carbons (Fsp3) is 0.200. The van der Waals surface area contributed by atoms with E-state index < -0.39 is 0 Å². The Morgan fingerprint density at radius 3 is 2.81 bits per heavy atom. The third kappa shape index (κ3) is 2.05. The quantitative estimate of drug-likeness (QED) is 0.754. The van der Waals surface area contributed by atoms with Gasteiger partial charge in [-0.1, -0.05) is 30.3 Å². The van der Waals surface area contributed by atoms with Gasteiger partial charge in [-0.15, -0.1) is 5.10 Å². The first-order valence-corrected chi connectivity index (χ1v) is 6.88. The van der Waals surface area contributed by atoms with Gasteiger partial charge in [0, 0.05) is 6.42 Å². The number of hydrogen-bond donors (Lipinski definition) is 2. The van der Waals surface area contributed by atoms with Crippen LogP contribution in [0.1, 0.15) is 29.8 Å². The number of anilines is 2. The molecule has 0 saturated heterocycles. The third-order valence-corrected chi connectivity index (χ3v) is 3.78. The van der Waals surface area contributed by atoms with Crippen molar-refractivity contribution < 1.29 is 4.42 Å². The molecule has 1 aliphatic rings. The molecule has 6 nitrogen and oxygen atoms in total. The molecule has 4 rings (SSSR count). The van der Waals surface area contributed by atoms with Crippen molar-refractivity contribution in [2.45, 2.75) is 18.5 Å². The summed E-state index contributed by atoms with van der Waals surface area (Å²) in [5, 5.41) is 7.67. The monoisotopic (exact) mass is 281 g/mol. The largest absolute Gasteiger partial charge is 0.467 e. The molecule has 21 heavy (non-hydrogen) atoms. The van der Waals surface area contributed by atoms with Crippen LogP contribution in [0, 0.1) is 0 Å². The molecule has 0 radical (unpaired) electrons. The molecule has 3 aromatic rings. The Kier molecular flexibility index (Phi) is 2.67. The number of benzene rings is 1. The molecule has 0 saturated carbocycles. The molecule has 3 heterocycles. The molecule has 0 bridgehead atoms. The average Bonchev–Trinajstić information content (AvgIpc) is 3.15. The molecule has 0 aliphatic carbocycles. The second-order valence-electron chi connectivity index (χ2n) is 5.11. The van der Waals surface area contributed by atoms with Gasteiger partial charge in [0.15, 0.2) is 0 Å². The summed E-state index contributed by atoms with van der Waals surface area (Å²) in [5.41, 5.74) is 6.95. The molecule has 3 N–H and O–H groups in total. The molecule has 0 fully saturated rings. The highest BCUT2D eigenvalue weighted by Crippen LogP contribution is 2.37. The number of hydrogen-bond acceptors (Lipinski definition) is 5. The molecule has 6 heteroatoms. The van der Waals surface area contributed by atoms with Crippen LogP contribution in [0.4, 0.5) is 11.9 Å². The molecule has 2 aromatic heterocycles. The summed E-state index contributed by atoms with van der Waals surface area (Å²) >= 11 is 0. The van der Waals surface area contributed by atoms with E-state index in [1.165, 1.54) is 5.56 Å². The summed E-state index contributed by atoms with van der Waals surface area (Å²) in [6, 6.07) is 14.3. The van der Waals surface area contributed by atoms with Crippen LogP contribution in [0.2, 0.25) is 0 Å². The van der Waals surface area contributed by atoms with Gasteiger partial charge in [0.25, 0.3) is 0 Å². The van der Waals surface area contributed by atoms with E-state index in [0.717, 1.165) is 12.2 Å². The first-order valence-electron chi connectivity index (χ1n) is 6.88. The fourth-order valence-corrected chi connectivity index (χ4v) is 2.82. The SMILES string of the molecule is Nc1nc2n(n1)[C@H](c1ccco1)C[C@@H](c1ccccc1)N2. The van der Waals surface area contributed by atoms with Crippen LogP contribution in [0.25, 0.3) is 0 Å². The third-order valence-electron chi connectivity index (χ3n) is 3.78. The number of fused-ring (bicyclic) bond motifs is 1. The summed E-state index contributed by atoms with van der Waals surface area (Å²) < 4.78 is 7.37. The van der Waals surface area contributed by atoms with E-state index >= 15 is 0 Å². The second-order valence-corrected chi connectivity index (χ2v) is 5.11. The minimum atomic E-state index is -0.00810. The van der Waals surface area contributed by atoms with Crippen molar-refractivity contribution in [3.05, 3.63) is 60.1 Å². The maximum atomic E-state index is 5.74. The number of nitrogens with one attached hydrogen (secondary N) is 1. The maximum Gasteiger partial charge on any atom is 0.241 e. The average molecular weight is 281 g/mol. The van der Waals surface area contributed by atoms with Gasteiger partial charge in [0.2, 0.25) is 11.9 Å². The van der Waals surface area contributed by atoms with Gasteiger partial charge in [-0.3, -0.25) is 0 Å². The summed E-state index contributed by atoms with van der Waals surface area (Å²) in [5.74, 6) is 1.81. The van der Waals surface area contributed by atoms with Crippen molar-refractivity contribution >= 4 is 11.9 Å².